The molecule has 12 heteroatoms. The van der Waals surface area contributed by atoms with Crippen molar-refractivity contribution in [3.63, 3.8) is 0 Å². The number of aromatic nitrogens is 2. The van der Waals surface area contributed by atoms with E-state index >= 15 is 0 Å². The molecule has 2 aliphatic heterocycles. The van der Waals surface area contributed by atoms with Crippen LogP contribution in [0.25, 0.3) is 0 Å². The fraction of sp³-hybridized carbons (Fsp3) is 0.407. The fourth-order valence-corrected chi connectivity index (χ4v) is 4.17. The smallest absolute Gasteiger partial charge is 0.251 e. The Kier molecular flexibility index (Phi) is 9.81. The molecule has 0 spiro atoms. The molecule has 0 aliphatic carbocycles. The lowest BCUT2D eigenvalue weighted by atomic mass is 10.1. The molecule has 0 fully saturated rings. The van der Waals surface area contributed by atoms with Gasteiger partial charge in [-0.1, -0.05) is 11.2 Å². The molecule has 0 atom stereocenters. The Morgan fingerprint density at radius 3 is 2.74 bits per heavy atom. The first-order valence-corrected chi connectivity index (χ1v) is 12.7. The highest BCUT2D eigenvalue weighted by Gasteiger charge is 2.18. The van der Waals surface area contributed by atoms with E-state index in [4.69, 9.17) is 18.7 Å². The quantitative estimate of drug-likeness (QED) is 0.500. The van der Waals surface area contributed by atoms with E-state index in [0.717, 1.165) is 0 Å². The van der Waals surface area contributed by atoms with Gasteiger partial charge in [0.15, 0.2) is 17.3 Å². The van der Waals surface area contributed by atoms with E-state index < -0.39 is 5.82 Å². The van der Waals surface area contributed by atoms with Crippen molar-refractivity contribution in [1.29, 1.82) is 0 Å². The molecule has 2 bridgehead atoms. The van der Waals surface area contributed by atoms with Gasteiger partial charge in [0.2, 0.25) is 11.8 Å². The van der Waals surface area contributed by atoms with Gasteiger partial charge >= 0.3 is 0 Å². The first-order chi connectivity index (χ1) is 19.0. The average molecular weight is 542 g/mol. The van der Waals surface area contributed by atoms with Crippen molar-refractivity contribution in [2.75, 3.05) is 33.9 Å². The number of halogens is 1. The van der Waals surface area contributed by atoms with Gasteiger partial charge in [0.1, 0.15) is 18.2 Å². The van der Waals surface area contributed by atoms with Crippen molar-refractivity contribution in [1.82, 2.24) is 25.7 Å². The van der Waals surface area contributed by atoms with Crippen LogP contribution >= 0.6 is 0 Å². The normalized spacial score (nSPS) is 15.8. The molecule has 2 aliphatic rings. The summed E-state index contributed by atoms with van der Waals surface area (Å²) in [5, 5.41) is 9.60. The minimum atomic E-state index is -0.507. The second-order valence-electron chi connectivity index (χ2n) is 8.99. The van der Waals surface area contributed by atoms with Crippen molar-refractivity contribution in [2.45, 2.75) is 39.0 Å². The van der Waals surface area contributed by atoms with Crippen LogP contribution in [0, 0.1) is 5.82 Å². The molecule has 1 aromatic heterocycles. The fourth-order valence-electron chi connectivity index (χ4n) is 4.17. The molecule has 39 heavy (non-hydrogen) atoms. The van der Waals surface area contributed by atoms with E-state index in [0.29, 0.717) is 67.8 Å². The zero-order valence-corrected chi connectivity index (χ0v) is 22.0. The molecule has 2 amide bonds. The van der Waals surface area contributed by atoms with E-state index in [1.165, 1.54) is 19.2 Å². The summed E-state index contributed by atoms with van der Waals surface area (Å²) in [5.41, 5.74) is 0.606. The Balaban J connectivity index is 1.53. The van der Waals surface area contributed by atoms with Crippen LogP contribution < -0.4 is 20.1 Å². The van der Waals surface area contributed by atoms with E-state index in [2.05, 4.69) is 25.7 Å². The van der Waals surface area contributed by atoms with Crippen molar-refractivity contribution in [3.05, 3.63) is 65.1 Å². The molecule has 0 radical (unpaired) electrons. The lowest BCUT2D eigenvalue weighted by molar-refractivity contribution is -0.121. The largest absolute Gasteiger partial charge is 0.493 e. The van der Waals surface area contributed by atoms with Gasteiger partial charge in [-0.05, 0) is 49.7 Å². The molecule has 208 valence electrons. The van der Waals surface area contributed by atoms with Crippen molar-refractivity contribution in [2.24, 2.45) is 0 Å². The summed E-state index contributed by atoms with van der Waals surface area (Å²) in [6.07, 6.45) is 1.45. The van der Waals surface area contributed by atoms with Gasteiger partial charge in [-0.25, -0.2) is 4.39 Å². The SMILES string of the molecule is COCc1noc(CN2CCCNC(=O)c3ccc(c(OC)c3)Oc3cccc(F)c3CNC(=O)CCC2)n1. The molecule has 3 heterocycles. The van der Waals surface area contributed by atoms with Gasteiger partial charge < -0.3 is 29.4 Å². The highest BCUT2D eigenvalue weighted by molar-refractivity contribution is 5.94. The maximum absolute atomic E-state index is 14.7. The number of carbonyl (C=O) groups is 2. The van der Waals surface area contributed by atoms with Crippen molar-refractivity contribution >= 4 is 11.8 Å². The van der Waals surface area contributed by atoms with Gasteiger partial charge in [-0.3, -0.25) is 14.5 Å². The van der Waals surface area contributed by atoms with Gasteiger partial charge in [0, 0.05) is 44.3 Å². The summed E-state index contributed by atoms with van der Waals surface area (Å²) in [4.78, 5) is 31.8. The summed E-state index contributed by atoms with van der Waals surface area (Å²) in [6.45, 7) is 2.23. The van der Waals surface area contributed by atoms with Gasteiger partial charge in [0.05, 0.1) is 13.7 Å². The van der Waals surface area contributed by atoms with Crippen LogP contribution in [0.5, 0.6) is 17.2 Å². The van der Waals surface area contributed by atoms with Crippen LogP contribution in [-0.2, 0) is 29.2 Å². The number of rotatable bonds is 5. The Labute approximate surface area is 225 Å². The molecular formula is C27H32FN5O6. The first-order valence-electron chi connectivity index (χ1n) is 12.7. The Morgan fingerprint density at radius 1 is 1.08 bits per heavy atom. The second kappa shape index (κ2) is 13.7. The van der Waals surface area contributed by atoms with Crippen LogP contribution in [0.1, 0.15) is 46.9 Å². The van der Waals surface area contributed by atoms with Crippen LogP contribution in [0.2, 0.25) is 0 Å². The molecule has 0 saturated heterocycles. The molecule has 3 aromatic rings. The minimum Gasteiger partial charge on any atom is -0.493 e. The second-order valence-corrected chi connectivity index (χ2v) is 8.99. The molecule has 0 unspecified atom stereocenters. The number of hydrogen-bond donors (Lipinski definition) is 2. The lowest BCUT2D eigenvalue weighted by Crippen LogP contribution is -2.31. The number of ether oxygens (including phenoxy) is 3. The molecular weight excluding hydrogens is 509 g/mol. The van der Waals surface area contributed by atoms with E-state index in [-0.39, 0.29) is 42.7 Å². The van der Waals surface area contributed by atoms with Crippen LogP contribution in [0.4, 0.5) is 4.39 Å². The summed E-state index contributed by atoms with van der Waals surface area (Å²) in [7, 11) is 3.01. The van der Waals surface area contributed by atoms with E-state index in [1.807, 2.05) is 0 Å². The number of carbonyl (C=O) groups excluding carboxylic acids is 2. The number of fused-ring (bicyclic) bond motifs is 13. The highest BCUT2D eigenvalue weighted by Crippen LogP contribution is 2.34. The summed E-state index contributed by atoms with van der Waals surface area (Å²) in [5.74, 6) is 0.786. The van der Waals surface area contributed by atoms with E-state index in [9.17, 15) is 14.0 Å². The third-order valence-electron chi connectivity index (χ3n) is 6.14. The molecule has 5 rings (SSSR count). The van der Waals surface area contributed by atoms with Gasteiger partial charge in [-0.15, -0.1) is 0 Å². The maximum atomic E-state index is 14.7. The van der Waals surface area contributed by atoms with Gasteiger partial charge in [-0.2, -0.15) is 4.98 Å². The predicted molar refractivity (Wildman–Crippen MR) is 138 cm³/mol. The standard InChI is InChI=1S/C27H32FN5O6/c1-36-17-24-31-26(39-32-24)16-33-12-4-8-25(34)30-15-19-20(28)6-3-7-21(19)38-22-10-9-18(14-23(22)37-2)27(35)29-11-5-13-33/h3,6-7,9-10,14H,4-5,8,11-13,15-17H2,1-2H3,(H,29,35)(H,30,34). The Hall–Kier alpha value is -4.03. The highest BCUT2D eigenvalue weighted by atomic mass is 19.1. The monoisotopic (exact) mass is 541 g/mol. The Morgan fingerprint density at radius 2 is 1.92 bits per heavy atom. The maximum Gasteiger partial charge on any atom is 0.251 e. The summed E-state index contributed by atoms with van der Waals surface area (Å²) in [6, 6.07) is 9.22. The number of amides is 2. The number of methoxy groups -OCH3 is 2. The van der Waals surface area contributed by atoms with E-state index in [1.54, 1.807) is 31.4 Å². The molecule has 2 aromatic carbocycles. The molecule has 0 saturated carbocycles. The zero-order valence-electron chi connectivity index (χ0n) is 22.0. The number of nitrogens with one attached hydrogen (secondary N) is 2. The number of hydrogen-bond acceptors (Lipinski definition) is 9. The van der Waals surface area contributed by atoms with Gasteiger partial charge in [0.25, 0.3) is 5.91 Å². The van der Waals surface area contributed by atoms with Crippen LogP contribution in [0.15, 0.2) is 40.9 Å². The zero-order chi connectivity index (χ0) is 27.6. The molecule has 11 nitrogen and oxygen atoms in total. The first kappa shape index (κ1) is 28.0. The summed E-state index contributed by atoms with van der Waals surface area (Å²) < 4.78 is 36.5. The average Bonchev–Trinajstić information content (AvgIpc) is 3.37. The third-order valence-corrected chi connectivity index (χ3v) is 6.14. The molecule has 2 N–H and O–H groups in total. The summed E-state index contributed by atoms with van der Waals surface area (Å²) >= 11 is 0. The topological polar surface area (TPSA) is 128 Å². The number of benzene rings is 2. The van der Waals surface area contributed by atoms with Crippen LogP contribution in [0.3, 0.4) is 0 Å². The van der Waals surface area contributed by atoms with Crippen molar-refractivity contribution in [3.8, 4) is 17.2 Å². The Bertz CT molecular complexity index is 1280. The third kappa shape index (κ3) is 7.74. The van der Waals surface area contributed by atoms with Crippen molar-refractivity contribution < 1.29 is 32.7 Å². The number of nitrogens with zero attached hydrogens (tertiary/aromatic N) is 3. The minimum absolute atomic E-state index is 0.0440. The predicted octanol–water partition coefficient (Wildman–Crippen LogP) is 3.19. The lowest BCUT2D eigenvalue weighted by Gasteiger charge is -2.20. The van der Waals surface area contributed by atoms with Crippen LogP contribution in [-0.4, -0.2) is 60.7 Å².